The fourth-order valence-corrected chi connectivity index (χ4v) is 0.951. The molecular formula is C6H12N2OS2. The summed E-state index contributed by atoms with van der Waals surface area (Å²) < 4.78 is 0. The minimum Gasteiger partial charge on any atom is -0.393 e. The number of carbonyl (C=O) groups excluding carboxylic acids is 1. The minimum absolute atomic E-state index is 0.0912. The molecule has 64 valence electrons. The van der Waals surface area contributed by atoms with Crippen LogP contribution in [0.3, 0.4) is 0 Å². The molecule has 0 rings (SSSR count). The van der Waals surface area contributed by atoms with Crippen molar-refractivity contribution in [2.45, 2.75) is 6.42 Å². The quantitative estimate of drug-likeness (QED) is 0.480. The summed E-state index contributed by atoms with van der Waals surface area (Å²) in [4.78, 5) is 11.1. The van der Waals surface area contributed by atoms with Crippen LogP contribution >= 0.6 is 24.0 Å². The molecule has 0 unspecified atom stereocenters. The van der Waals surface area contributed by atoms with Gasteiger partial charge in [0, 0.05) is 12.3 Å². The molecule has 0 radical (unpaired) electrons. The molecule has 11 heavy (non-hydrogen) atoms. The number of nitrogens with one attached hydrogen (secondary N) is 1. The zero-order valence-electron chi connectivity index (χ0n) is 6.42. The molecular weight excluding hydrogens is 180 g/mol. The van der Waals surface area contributed by atoms with Gasteiger partial charge in [0.05, 0.1) is 11.4 Å². The lowest BCUT2D eigenvalue weighted by Crippen LogP contribution is -2.29. The molecule has 0 aliphatic rings. The van der Waals surface area contributed by atoms with Gasteiger partial charge in [-0.2, -0.15) is 11.8 Å². The Labute approximate surface area is 76.1 Å². The van der Waals surface area contributed by atoms with Crippen LogP contribution in [0, 0.1) is 0 Å². The molecule has 0 atom stereocenters. The van der Waals surface area contributed by atoms with Gasteiger partial charge in [-0.15, -0.1) is 0 Å². The second-order valence-corrected chi connectivity index (χ2v) is 3.50. The maximum absolute atomic E-state index is 10.8. The summed E-state index contributed by atoms with van der Waals surface area (Å²) in [5.41, 5.74) is 5.16. The first-order valence-corrected chi connectivity index (χ1v) is 5.01. The van der Waals surface area contributed by atoms with Crippen molar-refractivity contribution < 1.29 is 4.79 Å². The summed E-state index contributed by atoms with van der Waals surface area (Å²) in [6.07, 6.45) is 2.14. The Morgan fingerprint density at radius 3 is 2.82 bits per heavy atom. The van der Waals surface area contributed by atoms with Crippen molar-refractivity contribution in [3.05, 3.63) is 0 Å². The van der Waals surface area contributed by atoms with Crippen molar-refractivity contribution in [3.63, 3.8) is 0 Å². The molecule has 0 aliphatic heterocycles. The molecule has 0 aromatic carbocycles. The van der Waals surface area contributed by atoms with Crippen LogP contribution < -0.4 is 11.1 Å². The van der Waals surface area contributed by atoms with Crippen molar-refractivity contribution in [2.24, 2.45) is 5.73 Å². The average molecular weight is 192 g/mol. The predicted octanol–water partition coefficient (Wildman–Crippen LogP) is 0.142. The SMILES string of the molecule is CSCCNC(=O)CC(N)=S. The van der Waals surface area contributed by atoms with Crippen LogP contribution in [0.15, 0.2) is 0 Å². The summed E-state index contributed by atoms with van der Waals surface area (Å²) in [7, 11) is 0. The highest BCUT2D eigenvalue weighted by Gasteiger charge is 2.00. The van der Waals surface area contributed by atoms with Gasteiger partial charge in [-0.3, -0.25) is 4.79 Å². The van der Waals surface area contributed by atoms with Crippen LogP contribution in [0.5, 0.6) is 0 Å². The lowest BCUT2D eigenvalue weighted by molar-refractivity contribution is -0.119. The average Bonchev–Trinajstić information content (AvgIpc) is 1.86. The van der Waals surface area contributed by atoms with Gasteiger partial charge in [0.25, 0.3) is 0 Å². The number of carbonyl (C=O) groups is 1. The molecule has 0 heterocycles. The summed E-state index contributed by atoms with van der Waals surface area (Å²) >= 11 is 6.25. The largest absolute Gasteiger partial charge is 0.393 e. The Morgan fingerprint density at radius 1 is 1.73 bits per heavy atom. The summed E-state index contributed by atoms with van der Waals surface area (Å²) in [5.74, 6) is 0.829. The monoisotopic (exact) mass is 192 g/mol. The van der Waals surface area contributed by atoms with Gasteiger partial charge in [0.1, 0.15) is 0 Å². The summed E-state index contributed by atoms with van der Waals surface area (Å²) in [6, 6.07) is 0. The Morgan fingerprint density at radius 2 is 2.36 bits per heavy atom. The highest BCUT2D eigenvalue weighted by atomic mass is 32.2. The van der Waals surface area contributed by atoms with E-state index in [0.717, 1.165) is 5.75 Å². The van der Waals surface area contributed by atoms with E-state index in [-0.39, 0.29) is 17.3 Å². The van der Waals surface area contributed by atoms with Crippen LogP contribution in [0.2, 0.25) is 0 Å². The number of hydrogen-bond donors (Lipinski definition) is 2. The smallest absolute Gasteiger partial charge is 0.226 e. The van der Waals surface area contributed by atoms with E-state index in [1.165, 1.54) is 0 Å². The predicted molar refractivity (Wildman–Crippen MR) is 52.8 cm³/mol. The van der Waals surface area contributed by atoms with Crippen LogP contribution in [0.4, 0.5) is 0 Å². The highest BCUT2D eigenvalue weighted by Crippen LogP contribution is 1.87. The van der Waals surface area contributed by atoms with E-state index in [2.05, 4.69) is 17.5 Å². The van der Waals surface area contributed by atoms with Crippen LogP contribution in [-0.4, -0.2) is 29.4 Å². The van der Waals surface area contributed by atoms with Crippen molar-refractivity contribution in [2.75, 3.05) is 18.6 Å². The Balaban J connectivity index is 3.30. The second kappa shape index (κ2) is 6.42. The fraction of sp³-hybridized carbons (Fsp3) is 0.667. The molecule has 3 N–H and O–H groups in total. The zero-order chi connectivity index (χ0) is 8.69. The first-order chi connectivity index (χ1) is 5.16. The third-order valence-electron chi connectivity index (χ3n) is 0.963. The Kier molecular flexibility index (Phi) is 6.25. The standard InChI is InChI=1S/C6H12N2OS2/c1-11-3-2-8-6(9)4-5(7)10/h2-4H2,1H3,(H2,7,10)(H,8,9). The second-order valence-electron chi connectivity index (χ2n) is 1.99. The molecule has 1 amide bonds. The van der Waals surface area contributed by atoms with E-state index in [9.17, 15) is 4.79 Å². The fourth-order valence-electron chi connectivity index (χ4n) is 0.513. The van der Waals surface area contributed by atoms with E-state index in [1.54, 1.807) is 11.8 Å². The third kappa shape index (κ3) is 7.61. The highest BCUT2D eigenvalue weighted by molar-refractivity contribution is 7.98. The molecule has 0 fully saturated rings. The number of nitrogens with two attached hydrogens (primary N) is 1. The van der Waals surface area contributed by atoms with Gasteiger partial charge in [-0.05, 0) is 6.26 Å². The molecule has 3 nitrogen and oxygen atoms in total. The van der Waals surface area contributed by atoms with Gasteiger partial charge in [-0.25, -0.2) is 0 Å². The number of amides is 1. The van der Waals surface area contributed by atoms with E-state index in [0.29, 0.717) is 6.54 Å². The molecule has 0 saturated carbocycles. The van der Waals surface area contributed by atoms with Gasteiger partial charge in [-0.1, -0.05) is 12.2 Å². The lowest BCUT2D eigenvalue weighted by Gasteiger charge is -2.01. The van der Waals surface area contributed by atoms with E-state index >= 15 is 0 Å². The maximum atomic E-state index is 10.8. The maximum Gasteiger partial charge on any atom is 0.226 e. The topological polar surface area (TPSA) is 55.1 Å². The normalized spacial score (nSPS) is 9.18. The minimum atomic E-state index is -0.0912. The molecule has 0 bridgehead atoms. The van der Waals surface area contributed by atoms with Gasteiger partial charge in [0.2, 0.25) is 5.91 Å². The molecule has 0 aromatic rings. The number of rotatable bonds is 5. The first-order valence-electron chi connectivity index (χ1n) is 3.20. The number of thiocarbonyl (C=S) groups is 1. The Hall–Kier alpha value is -0.290. The summed E-state index contributed by atoms with van der Waals surface area (Å²) in [6.45, 7) is 0.683. The molecule has 0 aliphatic carbocycles. The van der Waals surface area contributed by atoms with Gasteiger partial charge < -0.3 is 11.1 Å². The lowest BCUT2D eigenvalue weighted by atomic mass is 10.4. The van der Waals surface area contributed by atoms with Gasteiger partial charge >= 0.3 is 0 Å². The van der Waals surface area contributed by atoms with E-state index < -0.39 is 0 Å². The molecule has 0 aromatic heterocycles. The van der Waals surface area contributed by atoms with Crippen molar-refractivity contribution in [3.8, 4) is 0 Å². The third-order valence-corrected chi connectivity index (χ3v) is 1.72. The van der Waals surface area contributed by atoms with Crippen molar-refractivity contribution >= 4 is 34.9 Å². The van der Waals surface area contributed by atoms with E-state index in [1.807, 2.05) is 6.26 Å². The van der Waals surface area contributed by atoms with Crippen LogP contribution in [-0.2, 0) is 4.79 Å². The van der Waals surface area contributed by atoms with Crippen molar-refractivity contribution in [1.29, 1.82) is 0 Å². The first kappa shape index (κ1) is 10.7. The number of thioether (sulfide) groups is 1. The molecule has 0 spiro atoms. The Bertz CT molecular complexity index is 150. The van der Waals surface area contributed by atoms with Gasteiger partial charge in [0.15, 0.2) is 0 Å². The van der Waals surface area contributed by atoms with Crippen LogP contribution in [0.1, 0.15) is 6.42 Å². The van der Waals surface area contributed by atoms with Crippen molar-refractivity contribution in [1.82, 2.24) is 5.32 Å². The zero-order valence-corrected chi connectivity index (χ0v) is 8.06. The summed E-state index contributed by atoms with van der Waals surface area (Å²) in [5, 5.41) is 2.69. The molecule has 5 heteroatoms. The van der Waals surface area contributed by atoms with Crippen LogP contribution in [0.25, 0.3) is 0 Å². The number of hydrogen-bond acceptors (Lipinski definition) is 3. The van der Waals surface area contributed by atoms with E-state index in [4.69, 9.17) is 5.73 Å². The molecule has 0 saturated heterocycles.